The molecule has 0 aromatic heterocycles. The summed E-state index contributed by atoms with van der Waals surface area (Å²) in [7, 11) is 0. The van der Waals surface area contributed by atoms with E-state index in [1.807, 2.05) is 75.3 Å². The molecule has 72 heavy (non-hydrogen) atoms. The summed E-state index contributed by atoms with van der Waals surface area (Å²) in [5.74, 6) is -10.6. The first-order valence-electron chi connectivity index (χ1n) is 27.0. The smallest absolute Gasteiger partial charge is 0.312 e. The maximum absolute atomic E-state index is 14.9. The molecule has 0 aliphatic rings. The Hall–Kier alpha value is -4.18. The first-order valence-corrected chi connectivity index (χ1v) is 28.0. The van der Waals surface area contributed by atoms with Crippen molar-refractivity contribution in [3.05, 3.63) is 91.9 Å². The quantitative estimate of drug-likeness (QED) is 0.0404. The number of phenolic OH excluding ortho intramolecular Hbond substituents is 3. The van der Waals surface area contributed by atoms with Crippen molar-refractivity contribution in [3.63, 3.8) is 0 Å². The van der Waals surface area contributed by atoms with Crippen LogP contribution in [0.15, 0.2) is 18.2 Å². The second-order valence-electron chi connectivity index (χ2n) is 24.2. The second-order valence-corrected chi connectivity index (χ2v) is 25.6. The van der Waals surface area contributed by atoms with E-state index < -0.39 is 62.6 Å². The zero-order valence-corrected chi connectivity index (χ0v) is 48.2. The zero-order valence-electron chi connectivity index (χ0n) is 47.4. The lowest BCUT2D eigenvalue weighted by atomic mass is 9.59. The van der Waals surface area contributed by atoms with Crippen molar-refractivity contribution in [2.45, 2.75) is 246 Å². The standard InChI is InChI=1S/C62H95O9S/c1-18-20-21-22-23-24-25-26-27-28-29-30-31-32-33-43(50(56(66)67)47-37(3)34-44(59(9,10)11)53(63)40(47)6)62(72-19-2,51(57(68)69)48-38(4)35-45(60(12,13)14)54(64)41(48)7)52(58(70)71)49-39(5)36-46(61(15,16)17)55(65)42(49)8/h34-36,43,50-52,63-65H,2,18-33H2,1,3-17H3,(H,66,67)(H,68,69)(H,70,71). The van der Waals surface area contributed by atoms with Gasteiger partial charge in [0.05, 0.1) is 22.5 Å². The van der Waals surface area contributed by atoms with Gasteiger partial charge in [0.1, 0.15) is 17.2 Å². The number of unbranched alkanes of at least 4 members (excludes halogenated alkanes) is 13. The SMILES string of the molecule is [CH2]CSC(C(C(=O)O)c1c(C)cc(C(C)(C)C)c(O)c1C)(C(C(=O)O)c1c(C)cc(C(C)(C)C)c(O)c1C)C(CCCCCCCCCCCCCCCC)C(C(=O)O)c1c(C)cc(C(C)(C)C)c(O)c1C. The minimum absolute atomic E-state index is 0.0460. The van der Waals surface area contributed by atoms with E-state index in [4.69, 9.17) is 0 Å². The van der Waals surface area contributed by atoms with E-state index in [1.54, 1.807) is 46.8 Å². The number of carbonyl (C=O) groups is 3. The largest absolute Gasteiger partial charge is 0.507 e. The molecule has 0 saturated carbocycles. The molecule has 3 aromatic carbocycles. The summed E-state index contributed by atoms with van der Waals surface area (Å²) in [6.45, 7) is 34.5. The summed E-state index contributed by atoms with van der Waals surface area (Å²) in [4.78, 5) is 44.6. The highest BCUT2D eigenvalue weighted by atomic mass is 32.2. The van der Waals surface area contributed by atoms with E-state index >= 15 is 0 Å². The number of rotatable bonds is 27. The molecule has 0 heterocycles. The van der Waals surface area contributed by atoms with E-state index in [2.05, 4.69) is 13.8 Å². The number of hydrogen-bond acceptors (Lipinski definition) is 7. The van der Waals surface area contributed by atoms with Crippen molar-refractivity contribution in [2.24, 2.45) is 5.92 Å². The fourth-order valence-corrected chi connectivity index (χ4v) is 13.5. The monoisotopic (exact) mass is 1020 g/mol. The summed E-state index contributed by atoms with van der Waals surface area (Å²) in [5, 5.41) is 72.6. The molecule has 9 nitrogen and oxygen atoms in total. The van der Waals surface area contributed by atoms with Crippen LogP contribution in [0.3, 0.4) is 0 Å². The van der Waals surface area contributed by atoms with Gasteiger partial charge >= 0.3 is 17.9 Å². The molecule has 4 unspecified atom stereocenters. The van der Waals surface area contributed by atoms with E-state index in [0.717, 1.165) is 37.4 Å². The molecule has 1 radical (unpaired) electrons. The summed E-state index contributed by atoms with van der Waals surface area (Å²) in [6, 6.07) is 5.36. The topological polar surface area (TPSA) is 173 Å². The number of carboxylic acids is 3. The summed E-state index contributed by atoms with van der Waals surface area (Å²) in [6.07, 6.45) is 15.4. The molecular formula is C62H95O9S. The van der Waals surface area contributed by atoms with Crippen molar-refractivity contribution in [2.75, 3.05) is 5.75 Å². The van der Waals surface area contributed by atoms with Crippen molar-refractivity contribution < 1.29 is 45.0 Å². The Balaban J connectivity index is 2.58. The molecule has 0 amide bonds. The van der Waals surface area contributed by atoms with Crippen molar-refractivity contribution >= 4 is 29.7 Å². The van der Waals surface area contributed by atoms with Gasteiger partial charge in [0, 0.05) is 0 Å². The first kappa shape index (κ1) is 62.1. The summed E-state index contributed by atoms with van der Waals surface area (Å²) in [5.41, 5.74) is 3.40. The number of benzene rings is 3. The molecule has 0 spiro atoms. The molecule has 0 fully saturated rings. The van der Waals surface area contributed by atoms with Crippen LogP contribution in [0.5, 0.6) is 17.2 Å². The molecule has 6 N–H and O–H groups in total. The van der Waals surface area contributed by atoms with Crippen LogP contribution in [0.2, 0.25) is 0 Å². The van der Waals surface area contributed by atoms with Crippen LogP contribution in [0.1, 0.15) is 250 Å². The van der Waals surface area contributed by atoms with Crippen LogP contribution in [0, 0.1) is 54.4 Å². The molecule has 4 atom stereocenters. The lowest BCUT2D eigenvalue weighted by Crippen LogP contribution is -2.55. The average Bonchev–Trinajstić information content (AvgIpc) is 3.26. The van der Waals surface area contributed by atoms with Crippen molar-refractivity contribution in [1.82, 2.24) is 0 Å². The van der Waals surface area contributed by atoms with Crippen molar-refractivity contribution in [3.8, 4) is 17.2 Å². The van der Waals surface area contributed by atoms with Gasteiger partial charge in [0.2, 0.25) is 0 Å². The van der Waals surface area contributed by atoms with Crippen LogP contribution >= 0.6 is 11.8 Å². The molecule has 0 bridgehead atoms. The van der Waals surface area contributed by atoms with Crippen molar-refractivity contribution in [1.29, 1.82) is 0 Å². The fraction of sp³-hybridized carbons (Fsp3) is 0.645. The Morgan fingerprint density at radius 2 is 0.778 bits per heavy atom. The minimum atomic E-state index is -2.08. The first-order chi connectivity index (χ1) is 33.4. The number of aromatic hydroxyl groups is 3. The minimum Gasteiger partial charge on any atom is -0.507 e. The molecule has 3 aromatic rings. The third-order valence-corrected chi connectivity index (χ3v) is 17.1. The molecule has 0 aliphatic heterocycles. The average molecular weight is 1020 g/mol. The predicted octanol–water partition coefficient (Wildman–Crippen LogP) is 16.2. The van der Waals surface area contributed by atoms with Gasteiger partial charge in [-0.05, 0) is 150 Å². The Labute approximate surface area is 439 Å². The van der Waals surface area contributed by atoms with Crippen LogP contribution < -0.4 is 0 Å². The molecule has 3 rings (SSSR count). The maximum Gasteiger partial charge on any atom is 0.312 e. The molecule has 403 valence electrons. The Kier molecular flexibility index (Phi) is 22.3. The third kappa shape index (κ3) is 14.1. The van der Waals surface area contributed by atoms with Crippen LogP contribution in [-0.4, -0.2) is 59.0 Å². The summed E-state index contributed by atoms with van der Waals surface area (Å²) < 4.78 is -2.08. The number of hydrogen-bond donors (Lipinski definition) is 6. The fourth-order valence-electron chi connectivity index (χ4n) is 11.9. The number of phenols is 3. The van der Waals surface area contributed by atoms with Crippen LogP contribution in [-0.2, 0) is 30.6 Å². The van der Waals surface area contributed by atoms with Gasteiger partial charge in [0.15, 0.2) is 0 Å². The number of carboxylic acid groups (broad SMARTS) is 3. The van der Waals surface area contributed by atoms with Crippen LogP contribution in [0.4, 0.5) is 0 Å². The van der Waals surface area contributed by atoms with Gasteiger partial charge in [-0.25, -0.2) is 0 Å². The zero-order chi connectivity index (χ0) is 54.8. The lowest BCUT2D eigenvalue weighted by Gasteiger charge is -2.51. The van der Waals surface area contributed by atoms with E-state index in [1.165, 1.54) is 51.4 Å². The van der Waals surface area contributed by atoms with Gasteiger partial charge in [-0.1, -0.05) is 177 Å². The highest BCUT2D eigenvalue weighted by Crippen LogP contribution is 2.62. The number of aryl methyl sites for hydroxylation is 3. The number of thioether (sulfide) groups is 1. The van der Waals surface area contributed by atoms with Gasteiger partial charge < -0.3 is 30.6 Å². The van der Waals surface area contributed by atoms with E-state index in [9.17, 15) is 45.0 Å². The van der Waals surface area contributed by atoms with Gasteiger partial charge in [-0.3, -0.25) is 14.4 Å². The van der Waals surface area contributed by atoms with E-state index in [0.29, 0.717) is 57.3 Å². The van der Waals surface area contributed by atoms with E-state index in [-0.39, 0.29) is 51.7 Å². The Morgan fingerprint density at radius 3 is 1.06 bits per heavy atom. The summed E-state index contributed by atoms with van der Waals surface area (Å²) >= 11 is 1.05. The van der Waals surface area contributed by atoms with Crippen LogP contribution in [0.25, 0.3) is 0 Å². The number of aliphatic carboxylic acids is 3. The molecule has 0 saturated heterocycles. The Morgan fingerprint density at radius 1 is 0.486 bits per heavy atom. The highest BCUT2D eigenvalue weighted by Gasteiger charge is 2.62. The maximum atomic E-state index is 14.9. The van der Waals surface area contributed by atoms with Gasteiger partial charge in [-0.15, -0.1) is 0 Å². The highest BCUT2D eigenvalue weighted by molar-refractivity contribution is 8.00. The van der Waals surface area contributed by atoms with Gasteiger partial charge in [0.25, 0.3) is 0 Å². The lowest BCUT2D eigenvalue weighted by molar-refractivity contribution is -0.147. The predicted molar refractivity (Wildman–Crippen MR) is 299 cm³/mol. The van der Waals surface area contributed by atoms with Gasteiger partial charge in [-0.2, -0.15) is 11.8 Å². The normalized spacial score (nSPS) is 15.0. The molecule has 0 aliphatic carbocycles. The molecule has 10 heteroatoms. The second kappa shape index (κ2) is 25.9. The molecular weight excluding hydrogens is 921 g/mol. The Bertz CT molecular complexity index is 2250. The third-order valence-electron chi connectivity index (χ3n) is 15.6.